The van der Waals surface area contributed by atoms with E-state index in [4.69, 9.17) is 4.42 Å². The number of piperidine rings is 1. The zero-order chi connectivity index (χ0) is 10.9. The van der Waals surface area contributed by atoms with E-state index in [9.17, 15) is 13.2 Å². The van der Waals surface area contributed by atoms with E-state index in [1.165, 1.54) is 6.26 Å². The van der Waals surface area contributed by atoms with Gasteiger partial charge in [0.15, 0.2) is 0 Å². The fourth-order valence-corrected chi connectivity index (χ4v) is 1.91. The van der Waals surface area contributed by atoms with E-state index in [-0.39, 0.29) is 12.5 Å². The summed E-state index contributed by atoms with van der Waals surface area (Å²) in [7, 11) is 0. The smallest absolute Gasteiger partial charge is 0.403 e. The molecule has 1 N–H and O–H groups in total. The fraction of sp³-hybridized carbons (Fsp3) is 0.600. The molecule has 84 valence electrons. The van der Waals surface area contributed by atoms with Gasteiger partial charge in [-0.3, -0.25) is 5.32 Å². The van der Waals surface area contributed by atoms with Crippen LogP contribution in [0.2, 0.25) is 0 Å². The van der Waals surface area contributed by atoms with Crippen molar-refractivity contribution in [2.45, 2.75) is 37.5 Å². The van der Waals surface area contributed by atoms with Gasteiger partial charge in [-0.05, 0) is 31.4 Å². The summed E-state index contributed by atoms with van der Waals surface area (Å²) in [6.07, 6.45) is -1.26. The largest absolute Gasteiger partial charge is 0.468 e. The number of rotatable bonds is 1. The van der Waals surface area contributed by atoms with E-state index in [1.807, 2.05) is 0 Å². The van der Waals surface area contributed by atoms with Gasteiger partial charge in [0.1, 0.15) is 11.8 Å². The first-order valence-corrected chi connectivity index (χ1v) is 4.93. The molecular formula is C10H12F3NO. The molecule has 1 aliphatic heterocycles. The third-order valence-corrected chi connectivity index (χ3v) is 2.67. The molecule has 1 saturated heterocycles. The van der Waals surface area contributed by atoms with Crippen LogP contribution in [-0.2, 0) is 0 Å². The number of hydrogen-bond acceptors (Lipinski definition) is 2. The maximum atomic E-state index is 12.5. The summed E-state index contributed by atoms with van der Waals surface area (Å²) in [6.45, 7) is 0. The normalized spacial score (nSPS) is 27.9. The Hall–Kier alpha value is -0.970. The minimum absolute atomic E-state index is 0.153. The van der Waals surface area contributed by atoms with Crippen LogP contribution in [0.3, 0.4) is 0 Å². The Balaban J connectivity index is 2.05. The number of hydrogen-bond donors (Lipinski definition) is 1. The van der Waals surface area contributed by atoms with E-state index in [0.717, 1.165) is 0 Å². The lowest BCUT2D eigenvalue weighted by Crippen LogP contribution is -2.46. The van der Waals surface area contributed by atoms with Crippen molar-refractivity contribution >= 4 is 0 Å². The Labute approximate surface area is 85.5 Å². The molecule has 1 fully saturated rings. The molecule has 0 spiro atoms. The monoisotopic (exact) mass is 219 g/mol. The van der Waals surface area contributed by atoms with Gasteiger partial charge >= 0.3 is 6.18 Å². The van der Waals surface area contributed by atoms with Crippen LogP contribution in [0.25, 0.3) is 0 Å². The summed E-state index contributed by atoms with van der Waals surface area (Å²) in [5.41, 5.74) is 0. The van der Waals surface area contributed by atoms with Crippen molar-refractivity contribution < 1.29 is 17.6 Å². The van der Waals surface area contributed by atoms with Crippen LogP contribution >= 0.6 is 0 Å². The molecule has 0 aliphatic carbocycles. The van der Waals surface area contributed by atoms with Gasteiger partial charge < -0.3 is 4.42 Å². The minimum atomic E-state index is -4.16. The maximum Gasteiger partial charge on any atom is 0.403 e. The molecule has 5 heteroatoms. The topological polar surface area (TPSA) is 25.2 Å². The predicted octanol–water partition coefficient (Wildman–Crippen LogP) is 3.03. The Bertz CT molecular complexity index is 307. The number of halogens is 3. The van der Waals surface area contributed by atoms with Gasteiger partial charge in [-0.1, -0.05) is 0 Å². The van der Waals surface area contributed by atoms with Crippen molar-refractivity contribution in [3.63, 3.8) is 0 Å². The molecule has 2 atom stereocenters. The molecule has 2 nitrogen and oxygen atoms in total. The van der Waals surface area contributed by atoms with Crippen molar-refractivity contribution in [1.29, 1.82) is 0 Å². The molecule has 0 bridgehead atoms. The molecule has 1 aromatic heterocycles. The van der Waals surface area contributed by atoms with E-state index in [0.29, 0.717) is 18.6 Å². The fourth-order valence-electron chi connectivity index (χ4n) is 1.91. The van der Waals surface area contributed by atoms with Crippen LogP contribution < -0.4 is 5.32 Å². The van der Waals surface area contributed by atoms with Crippen LogP contribution in [0, 0.1) is 0 Å². The van der Waals surface area contributed by atoms with Crippen molar-refractivity contribution in [2.75, 3.05) is 0 Å². The van der Waals surface area contributed by atoms with Crippen LogP contribution in [0.5, 0.6) is 0 Å². The number of nitrogens with one attached hydrogen (secondary N) is 1. The Morgan fingerprint density at radius 3 is 2.73 bits per heavy atom. The zero-order valence-electron chi connectivity index (χ0n) is 8.05. The Morgan fingerprint density at radius 1 is 1.33 bits per heavy atom. The highest BCUT2D eigenvalue weighted by atomic mass is 19.4. The van der Waals surface area contributed by atoms with Crippen LogP contribution in [-0.4, -0.2) is 12.2 Å². The van der Waals surface area contributed by atoms with E-state index in [1.54, 1.807) is 12.1 Å². The summed E-state index contributed by atoms with van der Waals surface area (Å²) in [6, 6.07) is 1.69. The van der Waals surface area contributed by atoms with E-state index < -0.39 is 12.2 Å². The molecule has 2 unspecified atom stereocenters. The van der Waals surface area contributed by atoms with E-state index in [2.05, 4.69) is 5.32 Å². The quantitative estimate of drug-likeness (QED) is 0.785. The highest BCUT2D eigenvalue weighted by Crippen LogP contribution is 2.32. The standard InChI is InChI=1S/C10H12F3NO/c11-10(12,13)9-5-1-3-7(14-9)8-4-2-6-15-8/h2,4,6-7,9,14H,1,3,5H2. The first-order chi connectivity index (χ1) is 7.07. The summed E-state index contributed by atoms with van der Waals surface area (Å²) < 4.78 is 42.5. The zero-order valence-corrected chi connectivity index (χ0v) is 8.05. The molecule has 1 aliphatic rings. The van der Waals surface area contributed by atoms with Crippen molar-refractivity contribution in [1.82, 2.24) is 5.32 Å². The Kier molecular flexibility index (Phi) is 2.73. The summed E-state index contributed by atoms with van der Waals surface area (Å²) in [5, 5.41) is 2.58. The van der Waals surface area contributed by atoms with Crippen molar-refractivity contribution in [3.8, 4) is 0 Å². The predicted molar refractivity (Wildman–Crippen MR) is 48.3 cm³/mol. The first kappa shape index (κ1) is 10.5. The first-order valence-electron chi connectivity index (χ1n) is 4.93. The SMILES string of the molecule is FC(F)(F)C1CCCC(c2ccco2)N1. The van der Waals surface area contributed by atoms with Crippen molar-refractivity contribution in [3.05, 3.63) is 24.2 Å². The van der Waals surface area contributed by atoms with Gasteiger partial charge in [0.25, 0.3) is 0 Å². The molecule has 2 rings (SSSR count). The second kappa shape index (κ2) is 3.89. The second-order valence-electron chi connectivity index (χ2n) is 3.76. The van der Waals surface area contributed by atoms with Gasteiger partial charge in [-0.15, -0.1) is 0 Å². The number of furan rings is 1. The van der Waals surface area contributed by atoms with Gasteiger partial charge in [0.2, 0.25) is 0 Å². The molecule has 0 radical (unpaired) electrons. The summed E-state index contributed by atoms with van der Waals surface area (Å²) in [4.78, 5) is 0. The average molecular weight is 219 g/mol. The lowest BCUT2D eigenvalue weighted by atomic mass is 9.97. The van der Waals surface area contributed by atoms with Gasteiger partial charge in [0, 0.05) is 0 Å². The van der Waals surface area contributed by atoms with Crippen LogP contribution in [0.1, 0.15) is 31.1 Å². The average Bonchev–Trinajstić information content (AvgIpc) is 2.69. The van der Waals surface area contributed by atoms with Crippen LogP contribution in [0.4, 0.5) is 13.2 Å². The molecule has 15 heavy (non-hydrogen) atoms. The third-order valence-electron chi connectivity index (χ3n) is 2.67. The van der Waals surface area contributed by atoms with Gasteiger partial charge in [0.05, 0.1) is 12.3 Å². The maximum absolute atomic E-state index is 12.5. The molecule has 1 aromatic rings. The molecule has 2 heterocycles. The molecule has 0 saturated carbocycles. The highest BCUT2D eigenvalue weighted by Gasteiger charge is 2.42. The van der Waals surface area contributed by atoms with Crippen molar-refractivity contribution in [2.24, 2.45) is 0 Å². The van der Waals surface area contributed by atoms with Gasteiger partial charge in [-0.2, -0.15) is 13.2 Å². The molecule has 0 amide bonds. The molecule has 0 aromatic carbocycles. The lowest BCUT2D eigenvalue weighted by Gasteiger charge is -2.31. The Morgan fingerprint density at radius 2 is 2.13 bits per heavy atom. The lowest BCUT2D eigenvalue weighted by molar-refractivity contribution is -0.163. The van der Waals surface area contributed by atoms with Crippen LogP contribution in [0.15, 0.2) is 22.8 Å². The minimum Gasteiger partial charge on any atom is -0.468 e. The second-order valence-corrected chi connectivity index (χ2v) is 3.76. The summed E-state index contributed by atoms with van der Waals surface area (Å²) >= 11 is 0. The highest BCUT2D eigenvalue weighted by molar-refractivity contribution is 5.06. The third kappa shape index (κ3) is 2.34. The summed E-state index contributed by atoms with van der Waals surface area (Å²) in [5.74, 6) is 0.587. The van der Waals surface area contributed by atoms with Gasteiger partial charge in [-0.25, -0.2) is 0 Å². The number of alkyl halides is 3. The van der Waals surface area contributed by atoms with E-state index >= 15 is 0 Å². The molecular weight excluding hydrogens is 207 g/mol.